The van der Waals surface area contributed by atoms with Crippen LogP contribution in [0.15, 0.2) is 48.9 Å². The molecule has 0 spiro atoms. The summed E-state index contributed by atoms with van der Waals surface area (Å²) in [6, 6.07) is 10.4. The van der Waals surface area contributed by atoms with Gasteiger partial charge in [-0.25, -0.2) is 4.98 Å². The van der Waals surface area contributed by atoms with Crippen molar-refractivity contribution in [3.05, 3.63) is 64.4 Å². The predicted octanol–water partition coefficient (Wildman–Crippen LogP) is 3.31. The summed E-state index contributed by atoms with van der Waals surface area (Å²) in [5.74, 6) is 0. The van der Waals surface area contributed by atoms with Crippen molar-refractivity contribution in [2.45, 2.75) is 20.0 Å². The number of hydrogen-bond acceptors (Lipinski definition) is 4. The van der Waals surface area contributed by atoms with Gasteiger partial charge in [0, 0.05) is 29.2 Å². The maximum atomic E-state index is 4.25. The molecule has 0 fully saturated rings. The van der Waals surface area contributed by atoms with Gasteiger partial charge >= 0.3 is 0 Å². The normalized spacial score (nSPS) is 10.7. The molecule has 0 unspecified atom stereocenters. The summed E-state index contributed by atoms with van der Waals surface area (Å²) >= 11 is 1.73. The lowest BCUT2D eigenvalue weighted by Gasteiger charge is -2.06. The lowest BCUT2D eigenvalue weighted by Crippen LogP contribution is -2.01. The van der Waals surface area contributed by atoms with E-state index in [2.05, 4.69) is 39.7 Å². The first-order chi connectivity index (χ1) is 9.79. The van der Waals surface area contributed by atoms with Crippen LogP contribution in [-0.2, 0) is 13.1 Å². The van der Waals surface area contributed by atoms with Gasteiger partial charge in [-0.3, -0.25) is 4.68 Å². The molecule has 0 atom stereocenters. The van der Waals surface area contributed by atoms with Gasteiger partial charge in [0.05, 0.1) is 18.1 Å². The van der Waals surface area contributed by atoms with Crippen molar-refractivity contribution >= 4 is 17.0 Å². The predicted molar refractivity (Wildman–Crippen MR) is 81.9 cm³/mol. The molecular formula is C15H16N4S. The van der Waals surface area contributed by atoms with Gasteiger partial charge in [0.25, 0.3) is 0 Å². The summed E-state index contributed by atoms with van der Waals surface area (Å²) in [7, 11) is 0. The van der Waals surface area contributed by atoms with E-state index >= 15 is 0 Å². The number of nitrogens with one attached hydrogen (secondary N) is 1. The van der Waals surface area contributed by atoms with Crippen LogP contribution in [0.1, 0.15) is 15.4 Å². The smallest absolute Gasteiger partial charge is 0.0897 e. The van der Waals surface area contributed by atoms with Crippen molar-refractivity contribution in [2.75, 3.05) is 5.32 Å². The fourth-order valence-electron chi connectivity index (χ4n) is 1.99. The molecule has 4 nitrogen and oxygen atoms in total. The van der Waals surface area contributed by atoms with Gasteiger partial charge in [-0.05, 0) is 30.7 Å². The van der Waals surface area contributed by atoms with Gasteiger partial charge in [0.15, 0.2) is 0 Å². The first kappa shape index (κ1) is 12.9. The molecule has 1 aromatic carbocycles. The average Bonchev–Trinajstić information content (AvgIpc) is 3.10. The molecule has 20 heavy (non-hydrogen) atoms. The third-order valence-corrected chi connectivity index (χ3v) is 3.91. The molecule has 0 aliphatic heterocycles. The minimum absolute atomic E-state index is 0.807. The Kier molecular flexibility index (Phi) is 3.78. The maximum absolute atomic E-state index is 4.25. The Bertz CT molecular complexity index is 656. The topological polar surface area (TPSA) is 42.7 Å². The second kappa shape index (κ2) is 5.88. The van der Waals surface area contributed by atoms with Crippen molar-refractivity contribution in [3.8, 4) is 0 Å². The molecule has 3 aromatic rings. The van der Waals surface area contributed by atoms with Crippen molar-refractivity contribution in [1.29, 1.82) is 0 Å². The summed E-state index contributed by atoms with van der Waals surface area (Å²) in [5.41, 5.74) is 2.37. The largest absolute Gasteiger partial charge is 0.380 e. The molecule has 0 saturated heterocycles. The Morgan fingerprint density at radius 2 is 2.10 bits per heavy atom. The highest BCUT2D eigenvalue weighted by Gasteiger charge is 1.99. The van der Waals surface area contributed by atoms with E-state index in [9.17, 15) is 0 Å². The van der Waals surface area contributed by atoms with Crippen molar-refractivity contribution in [2.24, 2.45) is 0 Å². The maximum Gasteiger partial charge on any atom is 0.0897 e. The fourth-order valence-corrected chi connectivity index (χ4v) is 2.72. The van der Waals surface area contributed by atoms with E-state index in [1.165, 1.54) is 10.4 Å². The van der Waals surface area contributed by atoms with Crippen LogP contribution in [0, 0.1) is 6.92 Å². The third-order valence-electron chi connectivity index (χ3n) is 2.99. The molecule has 2 heterocycles. The molecule has 0 bridgehead atoms. The van der Waals surface area contributed by atoms with Crippen LogP contribution < -0.4 is 5.32 Å². The third kappa shape index (κ3) is 3.24. The molecule has 3 rings (SSSR count). The van der Waals surface area contributed by atoms with Gasteiger partial charge in [0.1, 0.15) is 0 Å². The van der Waals surface area contributed by atoms with Crippen LogP contribution in [0.3, 0.4) is 0 Å². The number of nitrogens with zero attached hydrogens (tertiary/aromatic N) is 3. The van der Waals surface area contributed by atoms with Gasteiger partial charge < -0.3 is 5.32 Å². The molecule has 0 aliphatic carbocycles. The Labute approximate surface area is 122 Å². The van der Waals surface area contributed by atoms with Gasteiger partial charge in [-0.1, -0.05) is 12.1 Å². The molecule has 1 N–H and O–H groups in total. The number of thiazole rings is 1. The highest BCUT2D eigenvalue weighted by molar-refractivity contribution is 7.11. The van der Waals surface area contributed by atoms with Crippen molar-refractivity contribution in [1.82, 2.24) is 14.8 Å². The van der Waals surface area contributed by atoms with Crippen molar-refractivity contribution < 1.29 is 0 Å². The quantitative estimate of drug-likeness (QED) is 0.781. The van der Waals surface area contributed by atoms with E-state index in [1.807, 2.05) is 30.1 Å². The Balaban J connectivity index is 1.58. The van der Waals surface area contributed by atoms with Crippen LogP contribution in [0.2, 0.25) is 0 Å². The first-order valence-corrected chi connectivity index (χ1v) is 7.33. The molecule has 0 aliphatic rings. The van der Waals surface area contributed by atoms with Crippen molar-refractivity contribution in [3.63, 3.8) is 0 Å². The zero-order valence-corrected chi connectivity index (χ0v) is 12.1. The molecule has 0 amide bonds. The van der Waals surface area contributed by atoms with Crippen LogP contribution in [0.5, 0.6) is 0 Å². The summed E-state index contributed by atoms with van der Waals surface area (Å²) in [5, 5.41) is 8.72. The second-order valence-corrected chi connectivity index (χ2v) is 5.92. The van der Waals surface area contributed by atoms with Gasteiger partial charge in [-0.15, -0.1) is 11.3 Å². The lowest BCUT2D eigenvalue weighted by atomic mass is 10.2. The number of rotatable bonds is 5. The highest BCUT2D eigenvalue weighted by atomic mass is 32.1. The average molecular weight is 284 g/mol. The zero-order chi connectivity index (χ0) is 13.8. The fraction of sp³-hybridized carbons (Fsp3) is 0.200. The van der Waals surface area contributed by atoms with E-state index in [-0.39, 0.29) is 0 Å². The molecular weight excluding hydrogens is 268 g/mol. The Morgan fingerprint density at radius 1 is 1.25 bits per heavy atom. The first-order valence-electron chi connectivity index (χ1n) is 6.51. The highest BCUT2D eigenvalue weighted by Crippen LogP contribution is 2.15. The monoisotopic (exact) mass is 284 g/mol. The number of aromatic nitrogens is 3. The van der Waals surface area contributed by atoms with E-state index < -0.39 is 0 Å². The number of anilines is 1. The summed E-state index contributed by atoms with van der Waals surface area (Å²) in [4.78, 5) is 5.51. The minimum atomic E-state index is 0.807. The molecule has 5 heteroatoms. The van der Waals surface area contributed by atoms with Gasteiger partial charge in [0.2, 0.25) is 0 Å². The van der Waals surface area contributed by atoms with E-state index in [0.29, 0.717) is 0 Å². The number of hydrogen-bond donors (Lipinski definition) is 1. The molecule has 0 radical (unpaired) electrons. The second-order valence-electron chi connectivity index (χ2n) is 4.60. The van der Waals surface area contributed by atoms with E-state index in [0.717, 1.165) is 23.8 Å². The van der Waals surface area contributed by atoms with Crippen LogP contribution in [0.4, 0.5) is 5.69 Å². The molecule has 0 saturated carbocycles. The Hall–Kier alpha value is -2.14. The standard InChI is InChI=1S/C15H16N4S/c1-12-16-9-15(20-12)10-17-14-5-3-13(4-6-14)11-19-8-2-7-18-19/h2-9,17H,10-11H2,1H3. The molecule has 102 valence electrons. The zero-order valence-electron chi connectivity index (χ0n) is 11.3. The lowest BCUT2D eigenvalue weighted by molar-refractivity contribution is 0.687. The summed E-state index contributed by atoms with van der Waals surface area (Å²) in [6.45, 7) is 3.66. The SMILES string of the molecule is Cc1ncc(CNc2ccc(Cn3cccn3)cc2)s1. The Morgan fingerprint density at radius 3 is 2.75 bits per heavy atom. The minimum Gasteiger partial charge on any atom is -0.380 e. The van der Waals surface area contributed by atoms with Crippen LogP contribution in [0.25, 0.3) is 0 Å². The van der Waals surface area contributed by atoms with Crippen LogP contribution >= 0.6 is 11.3 Å². The summed E-state index contributed by atoms with van der Waals surface area (Å²) < 4.78 is 1.92. The molecule has 2 aromatic heterocycles. The van der Waals surface area contributed by atoms with E-state index in [1.54, 1.807) is 17.5 Å². The number of benzene rings is 1. The number of aryl methyl sites for hydroxylation is 1. The van der Waals surface area contributed by atoms with E-state index in [4.69, 9.17) is 0 Å². The van der Waals surface area contributed by atoms with Gasteiger partial charge in [-0.2, -0.15) is 5.10 Å². The summed E-state index contributed by atoms with van der Waals surface area (Å²) in [6.07, 6.45) is 5.70. The van der Waals surface area contributed by atoms with Crippen LogP contribution in [-0.4, -0.2) is 14.8 Å².